The molecule has 0 saturated heterocycles. The molecule has 0 radical (unpaired) electrons. The number of aromatic nitrogens is 2. The van der Waals surface area contributed by atoms with E-state index in [0.29, 0.717) is 12.8 Å². The standard InChI is InChI=1S/C10H14N2O2/c1-7-9(4-5-10(13)14-3)8(2)12-6-11-7/h6H,4-5H2,1-3H3. The van der Waals surface area contributed by atoms with Crippen LogP contribution in [0.5, 0.6) is 0 Å². The maximum Gasteiger partial charge on any atom is 0.305 e. The van der Waals surface area contributed by atoms with Gasteiger partial charge in [-0.15, -0.1) is 0 Å². The smallest absolute Gasteiger partial charge is 0.305 e. The molecule has 1 heterocycles. The van der Waals surface area contributed by atoms with Crippen LogP contribution in [-0.2, 0) is 16.0 Å². The van der Waals surface area contributed by atoms with Crippen LogP contribution in [0.25, 0.3) is 0 Å². The molecule has 0 aliphatic carbocycles. The van der Waals surface area contributed by atoms with Crippen LogP contribution in [0.3, 0.4) is 0 Å². The molecule has 4 heteroatoms. The van der Waals surface area contributed by atoms with Crippen molar-refractivity contribution in [3.63, 3.8) is 0 Å². The summed E-state index contributed by atoms with van der Waals surface area (Å²) in [6.45, 7) is 3.84. The zero-order valence-corrected chi connectivity index (χ0v) is 8.70. The van der Waals surface area contributed by atoms with Crippen LogP contribution in [0.1, 0.15) is 23.4 Å². The van der Waals surface area contributed by atoms with Crippen molar-refractivity contribution in [1.82, 2.24) is 9.97 Å². The summed E-state index contributed by atoms with van der Waals surface area (Å²) in [7, 11) is 1.39. The molecule has 14 heavy (non-hydrogen) atoms. The molecule has 1 aromatic rings. The molecule has 76 valence electrons. The number of esters is 1. The highest BCUT2D eigenvalue weighted by atomic mass is 16.5. The number of nitrogens with zero attached hydrogens (tertiary/aromatic N) is 2. The van der Waals surface area contributed by atoms with Crippen LogP contribution in [0.4, 0.5) is 0 Å². The van der Waals surface area contributed by atoms with E-state index in [1.807, 2.05) is 13.8 Å². The van der Waals surface area contributed by atoms with Gasteiger partial charge in [-0.3, -0.25) is 4.79 Å². The van der Waals surface area contributed by atoms with E-state index in [4.69, 9.17) is 0 Å². The van der Waals surface area contributed by atoms with E-state index in [2.05, 4.69) is 14.7 Å². The fourth-order valence-corrected chi connectivity index (χ4v) is 1.31. The summed E-state index contributed by atoms with van der Waals surface area (Å²) in [5, 5.41) is 0. The molecule has 0 amide bonds. The van der Waals surface area contributed by atoms with Crippen molar-refractivity contribution in [2.75, 3.05) is 7.11 Å². The first kappa shape index (κ1) is 10.6. The minimum absolute atomic E-state index is 0.201. The molecule has 0 aromatic carbocycles. The fraction of sp³-hybridized carbons (Fsp3) is 0.500. The lowest BCUT2D eigenvalue weighted by Gasteiger charge is -2.06. The topological polar surface area (TPSA) is 52.1 Å². The first-order valence-electron chi connectivity index (χ1n) is 4.49. The number of hydrogen-bond acceptors (Lipinski definition) is 4. The van der Waals surface area contributed by atoms with E-state index in [1.165, 1.54) is 13.4 Å². The lowest BCUT2D eigenvalue weighted by molar-refractivity contribution is -0.140. The summed E-state index contributed by atoms with van der Waals surface area (Å²) >= 11 is 0. The minimum Gasteiger partial charge on any atom is -0.469 e. The Balaban J connectivity index is 2.71. The minimum atomic E-state index is -0.201. The van der Waals surface area contributed by atoms with Gasteiger partial charge in [0, 0.05) is 17.8 Å². The monoisotopic (exact) mass is 194 g/mol. The Morgan fingerprint density at radius 1 is 1.36 bits per heavy atom. The van der Waals surface area contributed by atoms with Gasteiger partial charge in [-0.25, -0.2) is 9.97 Å². The van der Waals surface area contributed by atoms with Crippen LogP contribution >= 0.6 is 0 Å². The van der Waals surface area contributed by atoms with Gasteiger partial charge in [0.2, 0.25) is 0 Å². The molecule has 4 nitrogen and oxygen atoms in total. The van der Waals surface area contributed by atoms with Gasteiger partial charge >= 0.3 is 5.97 Å². The first-order valence-corrected chi connectivity index (χ1v) is 4.49. The predicted molar refractivity (Wildman–Crippen MR) is 51.8 cm³/mol. The Morgan fingerprint density at radius 3 is 2.43 bits per heavy atom. The van der Waals surface area contributed by atoms with E-state index >= 15 is 0 Å². The van der Waals surface area contributed by atoms with Crippen LogP contribution in [-0.4, -0.2) is 23.0 Å². The van der Waals surface area contributed by atoms with Gasteiger partial charge in [0.05, 0.1) is 7.11 Å². The fourth-order valence-electron chi connectivity index (χ4n) is 1.31. The normalized spacial score (nSPS) is 9.93. The highest BCUT2D eigenvalue weighted by Crippen LogP contribution is 2.10. The van der Waals surface area contributed by atoms with Gasteiger partial charge in [0.25, 0.3) is 0 Å². The predicted octanol–water partition coefficient (Wildman–Crippen LogP) is 1.20. The number of rotatable bonds is 3. The van der Waals surface area contributed by atoms with Gasteiger partial charge in [-0.2, -0.15) is 0 Å². The molecule has 0 unspecified atom stereocenters. The summed E-state index contributed by atoms with van der Waals surface area (Å²) in [5.74, 6) is -0.201. The lowest BCUT2D eigenvalue weighted by atomic mass is 10.1. The number of hydrogen-bond donors (Lipinski definition) is 0. The van der Waals surface area contributed by atoms with Gasteiger partial charge < -0.3 is 4.74 Å². The Morgan fingerprint density at radius 2 is 1.93 bits per heavy atom. The van der Waals surface area contributed by atoms with Crippen molar-refractivity contribution in [2.24, 2.45) is 0 Å². The third-order valence-corrected chi connectivity index (χ3v) is 2.18. The van der Waals surface area contributed by atoms with Gasteiger partial charge in [-0.05, 0) is 25.8 Å². The molecular formula is C10H14N2O2. The maximum absolute atomic E-state index is 10.9. The van der Waals surface area contributed by atoms with E-state index in [0.717, 1.165) is 17.0 Å². The second-order valence-corrected chi connectivity index (χ2v) is 3.10. The Hall–Kier alpha value is -1.45. The molecule has 0 fully saturated rings. The molecule has 0 aliphatic rings. The van der Waals surface area contributed by atoms with Crippen LogP contribution in [0, 0.1) is 13.8 Å². The molecular weight excluding hydrogens is 180 g/mol. The lowest BCUT2D eigenvalue weighted by Crippen LogP contribution is -2.05. The van der Waals surface area contributed by atoms with E-state index in [9.17, 15) is 4.79 Å². The number of ether oxygens (including phenoxy) is 1. The zero-order chi connectivity index (χ0) is 10.6. The van der Waals surface area contributed by atoms with Gasteiger partial charge in [-0.1, -0.05) is 0 Å². The number of carbonyl (C=O) groups excluding carboxylic acids is 1. The highest BCUT2D eigenvalue weighted by Gasteiger charge is 2.07. The Labute approximate surface area is 83.3 Å². The summed E-state index contributed by atoms with van der Waals surface area (Å²) in [4.78, 5) is 19.1. The first-order chi connectivity index (χ1) is 6.65. The SMILES string of the molecule is COC(=O)CCc1c(C)ncnc1C. The van der Waals surface area contributed by atoms with Crippen molar-refractivity contribution in [1.29, 1.82) is 0 Å². The maximum atomic E-state index is 10.9. The average molecular weight is 194 g/mol. The molecule has 0 aliphatic heterocycles. The van der Waals surface area contributed by atoms with Gasteiger partial charge in [0.1, 0.15) is 6.33 Å². The number of methoxy groups -OCH3 is 1. The van der Waals surface area contributed by atoms with E-state index < -0.39 is 0 Å². The quantitative estimate of drug-likeness (QED) is 0.678. The summed E-state index contributed by atoms with van der Waals surface area (Å²) < 4.78 is 4.57. The average Bonchev–Trinajstić information content (AvgIpc) is 2.16. The Kier molecular flexibility index (Phi) is 3.56. The molecule has 0 saturated carbocycles. The molecule has 0 spiro atoms. The van der Waals surface area contributed by atoms with Crippen LogP contribution < -0.4 is 0 Å². The van der Waals surface area contributed by atoms with Crippen molar-refractivity contribution in [3.8, 4) is 0 Å². The summed E-state index contributed by atoms with van der Waals surface area (Å²) in [6, 6.07) is 0. The van der Waals surface area contributed by atoms with Crippen LogP contribution in [0.15, 0.2) is 6.33 Å². The van der Waals surface area contributed by atoms with Gasteiger partial charge in [0.15, 0.2) is 0 Å². The van der Waals surface area contributed by atoms with Crippen molar-refractivity contribution >= 4 is 5.97 Å². The number of aryl methyl sites for hydroxylation is 2. The van der Waals surface area contributed by atoms with Crippen molar-refractivity contribution in [3.05, 3.63) is 23.3 Å². The third-order valence-electron chi connectivity index (χ3n) is 2.18. The van der Waals surface area contributed by atoms with E-state index in [1.54, 1.807) is 0 Å². The molecule has 1 rings (SSSR count). The molecule has 0 N–H and O–H groups in total. The number of carbonyl (C=O) groups is 1. The zero-order valence-electron chi connectivity index (χ0n) is 8.70. The molecule has 1 aromatic heterocycles. The third kappa shape index (κ3) is 2.52. The van der Waals surface area contributed by atoms with Crippen molar-refractivity contribution < 1.29 is 9.53 Å². The highest BCUT2D eigenvalue weighted by molar-refractivity contribution is 5.69. The van der Waals surface area contributed by atoms with E-state index in [-0.39, 0.29) is 5.97 Å². The second kappa shape index (κ2) is 4.69. The molecule has 0 bridgehead atoms. The second-order valence-electron chi connectivity index (χ2n) is 3.10. The van der Waals surface area contributed by atoms with Crippen molar-refractivity contribution in [2.45, 2.75) is 26.7 Å². The van der Waals surface area contributed by atoms with Crippen LogP contribution in [0.2, 0.25) is 0 Å². The summed E-state index contributed by atoms with van der Waals surface area (Å²) in [5.41, 5.74) is 2.90. The summed E-state index contributed by atoms with van der Waals surface area (Å²) in [6.07, 6.45) is 2.56. The molecule has 0 atom stereocenters. The Bertz CT molecular complexity index is 317. The largest absolute Gasteiger partial charge is 0.469 e.